The van der Waals surface area contributed by atoms with Gasteiger partial charge in [0.15, 0.2) is 0 Å². The number of aryl methyl sites for hydroxylation is 2. The Hall–Kier alpha value is -3.27. The van der Waals surface area contributed by atoms with Crippen LogP contribution in [-0.4, -0.2) is 16.1 Å². The quantitative estimate of drug-likeness (QED) is 0.737. The van der Waals surface area contributed by atoms with Gasteiger partial charge < -0.3 is 15.8 Å². The van der Waals surface area contributed by atoms with Crippen molar-refractivity contribution in [2.24, 2.45) is 5.73 Å². The number of aromatic nitrogens is 2. The molecule has 3 heterocycles. The number of nitrogens with zero attached hydrogens (tertiary/aromatic N) is 2. The van der Waals surface area contributed by atoms with Gasteiger partial charge in [0.1, 0.15) is 17.1 Å². The predicted molar refractivity (Wildman–Crippen MR) is 86.0 cm³/mol. The van der Waals surface area contributed by atoms with Crippen LogP contribution in [0.25, 0.3) is 0 Å². The third kappa shape index (κ3) is 1.45. The molecule has 7 nitrogen and oxygen atoms in total. The maximum absolute atomic E-state index is 13.2. The van der Waals surface area contributed by atoms with Crippen LogP contribution in [0.5, 0.6) is 5.88 Å². The molecule has 0 radical (unpaired) electrons. The van der Waals surface area contributed by atoms with E-state index in [1.54, 1.807) is 0 Å². The minimum absolute atomic E-state index is 0.0907. The van der Waals surface area contributed by atoms with Gasteiger partial charge in [-0.1, -0.05) is 25.1 Å². The SMILES string of the molecule is CCc1[nH]nc2c1C1(C(=O)Nc3c(C)cccc31)C(C#N)=C(N)O2. The highest BCUT2D eigenvalue weighted by Crippen LogP contribution is 2.54. The van der Waals surface area contributed by atoms with Crippen LogP contribution in [0.2, 0.25) is 0 Å². The standard InChI is InChI=1S/C17H15N5O2/c1-3-11-12-15(22-21-11)24-14(19)10(7-18)17(12)9-6-4-5-8(2)13(9)20-16(17)23/h4-6H,3,19H2,1-2H3,(H,20,23)(H,21,22). The maximum atomic E-state index is 13.2. The molecule has 0 saturated heterocycles. The molecule has 1 spiro atoms. The number of hydrogen-bond donors (Lipinski definition) is 3. The van der Waals surface area contributed by atoms with Crippen molar-refractivity contribution in [3.8, 4) is 11.9 Å². The summed E-state index contributed by atoms with van der Waals surface area (Å²) < 4.78 is 5.51. The smallest absolute Gasteiger partial charge is 0.245 e. The number of nitrogens with one attached hydrogen (secondary N) is 2. The molecule has 1 aromatic carbocycles. The molecule has 1 atom stereocenters. The average molecular weight is 321 g/mol. The molecule has 0 fully saturated rings. The second-order valence-corrected chi connectivity index (χ2v) is 5.89. The zero-order valence-electron chi connectivity index (χ0n) is 13.2. The van der Waals surface area contributed by atoms with E-state index in [4.69, 9.17) is 10.5 Å². The Morgan fingerprint density at radius 1 is 1.46 bits per heavy atom. The Labute approximate surface area is 138 Å². The van der Waals surface area contributed by atoms with Crippen molar-refractivity contribution >= 4 is 11.6 Å². The summed E-state index contributed by atoms with van der Waals surface area (Å²) in [6.45, 7) is 3.85. The van der Waals surface area contributed by atoms with Crippen LogP contribution < -0.4 is 15.8 Å². The number of hydrogen-bond acceptors (Lipinski definition) is 5. The Morgan fingerprint density at radius 3 is 2.96 bits per heavy atom. The molecule has 0 saturated carbocycles. The molecule has 0 aliphatic carbocycles. The molecule has 1 unspecified atom stereocenters. The topological polar surface area (TPSA) is 117 Å². The first-order chi connectivity index (χ1) is 11.6. The van der Waals surface area contributed by atoms with Gasteiger partial charge in [0.05, 0.1) is 5.56 Å². The number of aromatic amines is 1. The van der Waals surface area contributed by atoms with E-state index in [2.05, 4.69) is 21.6 Å². The van der Waals surface area contributed by atoms with Crippen molar-refractivity contribution in [3.05, 3.63) is 52.0 Å². The van der Waals surface area contributed by atoms with Crippen molar-refractivity contribution in [1.82, 2.24) is 10.2 Å². The number of rotatable bonds is 1. The van der Waals surface area contributed by atoms with Crippen LogP contribution >= 0.6 is 0 Å². The Morgan fingerprint density at radius 2 is 2.25 bits per heavy atom. The molecule has 1 aromatic heterocycles. The second-order valence-electron chi connectivity index (χ2n) is 5.89. The van der Waals surface area contributed by atoms with Crippen molar-refractivity contribution < 1.29 is 9.53 Å². The van der Waals surface area contributed by atoms with Gasteiger partial charge in [-0.2, -0.15) is 5.26 Å². The fourth-order valence-corrected chi connectivity index (χ4v) is 3.65. The number of carbonyl (C=O) groups excluding carboxylic acids is 1. The van der Waals surface area contributed by atoms with Crippen molar-refractivity contribution in [2.45, 2.75) is 25.7 Å². The van der Waals surface area contributed by atoms with Gasteiger partial charge in [-0.05, 0) is 18.9 Å². The first-order valence-corrected chi connectivity index (χ1v) is 7.63. The summed E-state index contributed by atoms with van der Waals surface area (Å²) >= 11 is 0. The van der Waals surface area contributed by atoms with E-state index in [1.165, 1.54) is 0 Å². The number of H-pyrrole nitrogens is 1. The number of fused-ring (bicyclic) bond motifs is 4. The zero-order valence-corrected chi connectivity index (χ0v) is 13.2. The Balaban J connectivity index is 2.18. The van der Waals surface area contributed by atoms with E-state index in [-0.39, 0.29) is 23.2 Å². The van der Waals surface area contributed by atoms with E-state index in [9.17, 15) is 10.1 Å². The minimum Gasteiger partial charge on any atom is -0.420 e. The summed E-state index contributed by atoms with van der Waals surface area (Å²) in [5.41, 5.74) is 8.37. The van der Waals surface area contributed by atoms with Crippen LogP contribution in [0.1, 0.15) is 29.3 Å². The van der Waals surface area contributed by atoms with Gasteiger partial charge >= 0.3 is 0 Å². The molecule has 2 aliphatic heterocycles. The van der Waals surface area contributed by atoms with Gasteiger partial charge in [-0.25, -0.2) is 0 Å². The number of nitriles is 1. The van der Waals surface area contributed by atoms with Gasteiger partial charge in [-0.15, -0.1) is 5.10 Å². The van der Waals surface area contributed by atoms with Gasteiger partial charge in [-0.3, -0.25) is 9.89 Å². The third-order valence-electron chi connectivity index (χ3n) is 4.73. The number of para-hydroxylation sites is 1. The van der Waals surface area contributed by atoms with Gasteiger partial charge in [0.2, 0.25) is 17.7 Å². The first-order valence-electron chi connectivity index (χ1n) is 7.63. The van der Waals surface area contributed by atoms with Crippen LogP contribution in [0.4, 0.5) is 5.69 Å². The highest BCUT2D eigenvalue weighted by molar-refractivity contribution is 6.13. The Kier molecular flexibility index (Phi) is 2.76. The molecule has 120 valence electrons. The molecule has 1 amide bonds. The molecule has 7 heteroatoms. The number of benzene rings is 1. The number of ether oxygens (including phenoxy) is 1. The van der Waals surface area contributed by atoms with Gasteiger partial charge in [0.25, 0.3) is 0 Å². The molecular weight excluding hydrogens is 306 g/mol. The predicted octanol–water partition coefficient (Wildman–Crippen LogP) is 1.60. The van der Waals surface area contributed by atoms with Crippen molar-refractivity contribution in [1.29, 1.82) is 5.26 Å². The molecule has 0 bridgehead atoms. The summed E-state index contributed by atoms with van der Waals surface area (Å²) in [4.78, 5) is 13.2. The Bertz CT molecular complexity index is 966. The second kappa shape index (κ2) is 4.61. The summed E-state index contributed by atoms with van der Waals surface area (Å²) in [7, 11) is 0. The normalized spacial score (nSPS) is 21.1. The molecule has 4 rings (SSSR count). The zero-order chi connectivity index (χ0) is 17.1. The first kappa shape index (κ1) is 14.3. The van der Waals surface area contributed by atoms with Crippen molar-refractivity contribution in [3.63, 3.8) is 0 Å². The van der Waals surface area contributed by atoms with E-state index in [1.807, 2.05) is 32.0 Å². The highest BCUT2D eigenvalue weighted by Gasteiger charge is 2.58. The summed E-state index contributed by atoms with van der Waals surface area (Å²) in [5, 5.41) is 19.7. The lowest BCUT2D eigenvalue weighted by Crippen LogP contribution is -2.42. The highest BCUT2D eigenvalue weighted by atomic mass is 16.5. The molecule has 2 aromatic rings. The largest absolute Gasteiger partial charge is 0.420 e. The maximum Gasteiger partial charge on any atom is 0.245 e. The fraction of sp³-hybridized carbons (Fsp3) is 0.235. The lowest BCUT2D eigenvalue weighted by Gasteiger charge is -2.31. The van der Waals surface area contributed by atoms with Crippen LogP contribution in [0.3, 0.4) is 0 Å². The number of anilines is 1. The fourth-order valence-electron chi connectivity index (χ4n) is 3.65. The lowest BCUT2D eigenvalue weighted by atomic mass is 9.68. The van der Waals surface area contributed by atoms with E-state index in [0.29, 0.717) is 23.2 Å². The average Bonchev–Trinajstić information content (AvgIpc) is 3.09. The van der Waals surface area contributed by atoms with Crippen LogP contribution in [-0.2, 0) is 16.6 Å². The summed E-state index contributed by atoms with van der Waals surface area (Å²) in [5.74, 6) is -0.163. The molecular formula is C17H15N5O2. The number of nitrogens with two attached hydrogens (primary N) is 1. The monoisotopic (exact) mass is 321 g/mol. The number of amides is 1. The van der Waals surface area contributed by atoms with Crippen molar-refractivity contribution in [2.75, 3.05) is 5.32 Å². The van der Waals surface area contributed by atoms with E-state index >= 15 is 0 Å². The molecule has 24 heavy (non-hydrogen) atoms. The van der Waals surface area contributed by atoms with Gasteiger partial charge in [0, 0.05) is 16.9 Å². The van der Waals surface area contributed by atoms with E-state index in [0.717, 1.165) is 11.3 Å². The van der Waals surface area contributed by atoms with E-state index < -0.39 is 5.41 Å². The summed E-state index contributed by atoms with van der Waals surface area (Å²) in [6.07, 6.45) is 0.612. The van der Waals surface area contributed by atoms with Crippen LogP contribution in [0.15, 0.2) is 29.7 Å². The molecule has 4 N–H and O–H groups in total. The molecule has 2 aliphatic rings. The summed E-state index contributed by atoms with van der Waals surface area (Å²) in [6, 6.07) is 7.70. The lowest BCUT2D eigenvalue weighted by molar-refractivity contribution is -0.118. The van der Waals surface area contributed by atoms with Crippen LogP contribution in [0, 0.1) is 18.3 Å². The number of carbonyl (C=O) groups is 1. The third-order valence-corrected chi connectivity index (χ3v) is 4.73. The minimum atomic E-state index is -1.33.